The summed E-state index contributed by atoms with van der Waals surface area (Å²) in [5, 5.41) is 0.945. The molecule has 1 saturated heterocycles. The lowest BCUT2D eigenvalue weighted by molar-refractivity contribution is 0.0615. The van der Waals surface area contributed by atoms with Crippen LogP contribution in [0.25, 0.3) is 0 Å². The largest absolute Gasteiger partial charge is 0.497 e. The van der Waals surface area contributed by atoms with Gasteiger partial charge >= 0.3 is 0 Å². The topological polar surface area (TPSA) is 42.4 Å². The lowest BCUT2D eigenvalue weighted by Crippen LogP contribution is -2.38. The number of amides is 1. The zero-order chi connectivity index (χ0) is 16.4. The van der Waals surface area contributed by atoms with Gasteiger partial charge in [-0.15, -0.1) is 11.3 Å². The predicted molar refractivity (Wildman–Crippen MR) is 92.2 cm³/mol. The molecule has 1 atom stereocenters. The van der Waals surface area contributed by atoms with Gasteiger partial charge in [-0.25, -0.2) is 4.98 Å². The molecule has 5 heteroatoms. The molecule has 23 heavy (non-hydrogen) atoms. The quantitative estimate of drug-likeness (QED) is 0.849. The highest BCUT2D eigenvalue weighted by molar-refractivity contribution is 7.13. The molecule has 1 aromatic heterocycles. The average molecular weight is 330 g/mol. The van der Waals surface area contributed by atoms with E-state index >= 15 is 0 Å². The van der Waals surface area contributed by atoms with Crippen LogP contribution < -0.4 is 4.74 Å². The first-order chi connectivity index (χ1) is 11.1. The van der Waals surface area contributed by atoms with E-state index in [0.29, 0.717) is 0 Å². The van der Waals surface area contributed by atoms with E-state index in [2.05, 4.69) is 11.1 Å². The van der Waals surface area contributed by atoms with Gasteiger partial charge in [0.05, 0.1) is 23.9 Å². The van der Waals surface area contributed by atoms with Crippen molar-refractivity contribution in [2.24, 2.45) is 0 Å². The van der Waals surface area contributed by atoms with Crippen molar-refractivity contribution in [1.82, 2.24) is 9.88 Å². The number of benzene rings is 1. The molecule has 4 nitrogen and oxygen atoms in total. The minimum Gasteiger partial charge on any atom is -0.497 e. The van der Waals surface area contributed by atoms with Gasteiger partial charge in [0, 0.05) is 6.54 Å². The number of carbonyl (C=O) groups excluding carboxylic acids is 1. The maximum Gasteiger partial charge on any atom is 0.266 e. The van der Waals surface area contributed by atoms with Crippen LogP contribution in [0.1, 0.15) is 51.2 Å². The number of nitrogens with zero attached hydrogens (tertiary/aromatic N) is 2. The molecule has 1 aliphatic heterocycles. The van der Waals surface area contributed by atoms with Crippen LogP contribution in [0.3, 0.4) is 0 Å². The molecule has 0 unspecified atom stereocenters. The van der Waals surface area contributed by atoms with Crippen molar-refractivity contribution >= 4 is 17.2 Å². The summed E-state index contributed by atoms with van der Waals surface area (Å²) in [5.74, 6) is 0.950. The minimum absolute atomic E-state index is 0.112. The Morgan fingerprint density at radius 3 is 2.87 bits per heavy atom. The molecule has 1 amide bonds. The van der Waals surface area contributed by atoms with E-state index in [-0.39, 0.29) is 11.9 Å². The van der Waals surface area contributed by atoms with Gasteiger partial charge in [0.25, 0.3) is 5.91 Å². The molecule has 0 saturated carbocycles. The van der Waals surface area contributed by atoms with E-state index < -0.39 is 0 Å². The van der Waals surface area contributed by atoms with E-state index in [4.69, 9.17) is 4.74 Å². The zero-order valence-corrected chi connectivity index (χ0v) is 14.7. The van der Waals surface area contributed by atoms with Crippen LogP contribution in [-0.2, 0) is 0 Å². The van der Waals surface area contributed by atoms with Crippen molar-refractivity contribution in [3.63, 3.8) is 0 Å². The first kappa shape index (κ1) is 16.0. The number of rotatable bonds is 3. The third-order valence-electron chi connectivity index (χ3n) is 4.34. The van der Waals surface area contributed by atoms with Gasteiger partial charge in [-0.05, 0) is 50.8 Å². The SMILES string of the molecule is COc1cccc([C@@H]2CCCCN2C(=O)c2sc(C)nc2C)c1. The molecule has 122 valence electrons. The summed E-state index contributed by atoms with van der Waals surface area (Å²) in [4.78, 5) is 20.2. The highest BCUT2D eigenvalue weighted by atomic mass is 32.1. The number of likely N-dealkylation sites (tertiary alicyclic amines) is 1. The average Bonchev–Trinajstić information content (AvgIpc) is 2.92. The summed E-state index contributed by atoms with van der Waals surface area (Å²) in [6, 6.07) is 8.18. The van der Waals surface area contributed by atoms with Crippen LogP contribution in [0.2, 0.25) is 0 Å². The van der Waals surface area contributed by atoms with Gasteiger partial charge in [-0.3, -0.25) is 4.79 Å². The fourth-order valence-electron chi connectivity index (χ4n) is 3.23. The first-order valence-electron chi connectivity index (χ1n) is 7.99. The summed E-state index contributed by atoms with van der Waals surface area (Å²) in [5.41, 5.74) is 1.99. The van der Waals surface area contributed by atoms with Crippen molar-refractivity contribution < 1.29 is 9.53 Å². The third kappa shape index (κ3) is 3.24. The minimum atomic E-state index is 0.112. The lowest BCUT2D eigenvalue weighted by atomic mass is 9.94. The lowest BCUT2D eigenvalue weighted by Gasteiger charge is -2.36. The van der Waals surface area contributed by atoms with Gasteiger partial charge in [0.1, 0.15) is 10.6 Å². The predicted octanol–water partition coefficient (Wildman–Crippen LogP) is 4.14. The summed E-state index contributed by atoms with van der Waals surface area (Å²) in [6.45, 7) is 4.67. The van der Waals surface area contributed by atoms with Crippen LogP contribution in [0.5, 0.6) is 5.75 Å². The van der Waals surface area contributed by atoms with Crippen molar-refractivity contribution in [3.8, 4) is 5.75 Å². The highest BCUT2D eigenvalue weighted by Gasteiger charge is 2.30. The van der Waals surface area contributed by atoms with Gasteiger partial charge in [-0.2, -0.15) is 0 Å². The van der Waals surface area contributed by atoms with Gasteiger partial charge < -0.3 is 9.64 Å². The number of aromatic nitrogens is 1. The molecule has 0 N–H and O–H groups in total. The summed E-state index contributed by atoms with van der Waals surface area (Å²) in [7, 11) is 1.67. The Kier molecular flexibility index (Phi) is 4.66. The molecule has 1 fully saturated rings. The molecule has 3 rings (SSSR count). The molecule has 0 aliphatic carbocycles. The maximum absolute atomic E-state index is 13.0. The van der Waals surface area contributed by atoms with Gasteiger partial charge in [0.2, 0.25) is 0 Å². The smallest absolute Gasteiger partial charge is 0.266 e. The normalized spacial score (nSPS) is 18.0. The Bertz CT molecular complexity index is 711. The number of carbonyl (C=O) groups is 1. The molecule has 2 aromatic rings. The monoisotopic (exact) mass is 330 g/mol. The van der Waals surface area contributed by atoms with E-state index in [1.54, 1.807) is 7.11 Å². The second-order valence-electron chi connectivity index (χ2n) is 5.93. The molecule has 0 radical (unpaired) electrons. The fourth-order valence-corrected chi connectivity index (χ4v) is 4.11. The molecule has 0 bridgehead atoms. The Balaban J connectivity index is 1.92. The van der Waals surface area contributed by atoms with Crippen molar-refractivity contribution in [3.05, 3.63) is 45.4 Å². The van der Waals surface area contributed by atoms with E-state index in [1.807, 2.05) is 36.9 Å². The molecule has 1 aromatic carbocycles. The van der Waals surface area contributed by atoms with E-state index in [1.165, 1.54) is 11.3 Å². The summed E-state index contributed by atoms with van der Waals surface area (Å²) in [6.07, 6.45) is 3.20. The van der Waals surface area contributed by atoms with Gasteiger partial charge in [0.15, 0.2) is 0 Å². The standard InChI is InChI=1S/C18H22N2O2S/c1-12-17(23-13(2)19-12)18(21)20-10-5-4-9-16(20)14-7-6-8-15(11-14)22-3/h6-8,11,16H,4-5,9-10H2,1-3H3/t16-/m0/s1. The highest BCUT2D eigenvalue weighted by Crippen LogP contribution is 2.34. The third-order valence-corrected chi connectivity index (χ3v) is 5.40. The Hall–Kier alpha value is -1.88. The molecular formula is C18H22N2O2S. The molecule has 2 heterocycles. The first-order valence-corrected chi connectivity index (χ1v) is 8.80. The van der Waals surface area contributed by atoms with Crippen LogP contribution in [0, 0.1) is 13.8 Å². The summed E-state index contributed by atoms with van der Waals surface area (Å²) < 4.78 is 5.34. The van der Waals surface area contributed by atoms with E-state index in [0.717, 1.165) is 52.7 Å². The zero-order valence-electron chi connectivity index (χ0n) is 13.8. The summed E-state index contributed by atoms with van der Waals surface area (Å²) >= 11 is 1.49. The van der Waals surface area contributed by atoms with E-state index in [9.17, 15) is 4.79 Å². The van der Waals surface area contributed by atoms with Crippen LogP contribution in [0.4, 0.5) is 0 Å². The number of ether oxygens (including phenoxy) is 1. The molecule has 1 aliphatic rings. The molecule has 0 spiro atoms. The Labute approximate surface area is 141 Å². The van der Waals surface area contributed by atoms with Crippen molar-refractivity contribution in [2.75, 3.05) is 13.7 Å². The van der Waals surface area contributed by atoms with Gasteiger partial charge in [-0.1, -0.05) is 12.1 Å². The Morgan fingerprint density at radius 1 is 1.35 bits per heavy atom. The molecular weight excluding hydrogens is 308 g/mol. The van der Waals surface area contributed by atoms with Crippen molar-refractivity contribution in [2.45, 2.75) is 39.2 Å². The Morgan fingerprint density at radius 2 is 2.17 bits per heavy atom. The second-order valence-corrected chi connectivity index (χ2v) is 7.14. The van der Waals surface area contributed by atoms with Crippen LogP contribution >= 0.6 is 11.3 Å². The van der Waals surface area contributed by atoms with Crippen LogP contribution in [-0.4, -0.2) is 29.4 Å². The number of hydrogen-bond donors (Lipinski definition) is 0. The van der Waals surface area contributed by atoms with Crippen molar-refractivity contribution in [1.29, 1.82) is 0 Å². The number of thiazole rings is 1. The van der Waals surface area contributed by atoms with Crippen LogP contribution in [0.15, 0.2) is 24.3 Å². The number of aryl methyl sites for hydroxylation is 2. The number of hydrogen-bond acceptors (Lipinski definition) is 4. The number of piperidine rings is 1. The number of methoxy groups -OCH3 is 1. The second kappa shape index (κ2) is 6.71. The fraction of sp³-hybridized carbons (Fsp3) is 0.444. The maximum atomic E-state index is 13.0.